The Morgan fingerprint density at radius 3 is 2.71 bits per heavy atom. The largest absolute Gasteiger partial charge is 0.491 e. The Hall–Kier alpha value is -2.87. The van der Waals surface area contributed by atoms with Crippen LogP contribution in [-0.4, -0.2) is 64.0 Å². The first kappa shape index (κ1) is 26.7. The number of aryl methyl sites for hydroxylation is 1. The zero-order chi connectivity index (χ0) is 26.4. The van der Waals surface area contributed by atoms with Crippen molar-refractivity contribution in [2.24, 2.45) is 5.92 Å². The minimum Gasteiger partial charge on any atom is -0.491 e. The fourth-order valence-electron chi connectivity index (χ4n) is 5.81. The number of nitrogens with zero attached hydrogens (tertiary/aromatic N) is 1. The van der Waals surface area contributed by atoms with E-state index < -0.39 is 5.60 Å². The molecule has 2 atom stereocenters. The molecule has 2 heterocycles. The van der Waals surface area contributed by atoms with Crippen LogP contribution >= 0.6 is 0 Å². The lowest BCUT2D eigenvalue weighted by molar-refractivity contribution is -0.151. The molecule has 7 nitrogen and oxygen atoms in total. The molecule has 1 saturated heterocycles. The van der Waals surface area contributed by atoms with E-state index in [1.54, 1.807) is 20.5 Å². The van der Waals surface area contributed by atoms with Gasteiger partial charge in [0.1, 0.15) is 18.0 Å². The van der Waals surface area contributed by atoms with Gasteiger partial charge in [-0.3, -0.25) is 4.79 Å². The van der Waals surface area contributed by atoms with Crippen molar-refractivity contribution in [3.63, 3.8) is 0 Å². The Balaban J connectivity index is 1.41. The topological polar surface area (TPSA) is 69.3 Å². The molecule has 7 heteroatoms. The molecule has 5 rings (SSSR count). The maximum atomic E-state index is 14.4. The van der Waals surface area contributed by atoms with E-state index in [0.29, 0.717) is 32.9 Å². The van der Waals surface area contributed by atoms with Crippen LogP contribution in [0.15, 0.2) is 48.7 Å². The number of rotatable bonds is 12. The average Bonchev–Trinajstić information content (AvgIpc) is 3.78. The third-order valence-electron chi connectivity index (χ3n) is 7.85. The van der Waals surface area contributed by atoms with Crippen molar-refractivity contribution in [2.45, 2.75) is 50.3 Å². The van der Waals surface area contributed by atoms with E-state index in [9.17, 15) is 4.79 Å². The summed E-state index contributed by atoms with van der Waals surface area (Å²) in [5.41, 5.74) is 3.90. The summed E-state index contributed by atoms with van der Waals surface area (Å²) >= 11 is 0. The summed E-state index contributed by atoms with van der Waals surface area (Å²) < 4.78 is 22.8. The maximum absolute atomic E-state index is 14.4. The summed E-state index contributed by atoms with van der Waals surface area (Å²) in [7, 11) is 3.40. The van der Waals surface area contributed by atoms with Gasteiger partial charge in [-0.2, -0.15) is 0 Å². The van der Waals surface area contributed by atoms with Gasteiger partial charge in [-0.1, -0.05) is 30.3 Å². The molecule has 2 aromatic carbocycles. The highest BCUT2D eigenvalue weighted by Crippen LogP contribution is 2.45. The molecular weight excluding hydrogens is 480 g/mol. The first-order chi connectivity index (χ1) is 18.6. The fraction of sp³-hybridized carbons (Fsp3) is 0.516. The quantitative estimate of drug-likeness (QED) is 0.421. The van der Waals surface area contributed by atoms with Crippen molar-refractivity contribution in [3.8, 4) is 5.75 Å². The van der Waals surface area contributed by atoms with Crippen molar-refractivity contribution in [1.29, 1.82) is 0 Å². The molecule has 204 valence electrons. The van der Waals surface area contributed by atoms with Gasteiger partial charge < -0.3 is 29.2 Å². The number of fused-ring (bicyclic) bond motifs is 2. The van der Waals surface area contributed by atoms with Gasteiger partial charge >= 0.3 is 0 Å². The standard InChI is InChI=1S/C31H40N2O5/c1-35-14-5-6-23-18-24(20-27(19-23)37-17-16-36-2)22-33(26-9-10-26)30(34)29-21-32-13-12-31(29)28-8-4-3-7-25(28)11-15-38-31/h3-4,7-8,11,15,18-20,26,29,32H,5-6,9-10,12-14,16-17,21-22H2,1-2H3/t29?,31-/m0/s1. The number of benzene rings is 2. The van der Waals surface area contributed by atoms with Gasteiger partial charge in [-0.05, 0) is 67.1 Å². The summed E-state index contributed by atoms with van der Waals surface area (Å²) in [4.78, 5) is 16.5. The number of hydrogen-bond acceptors (Lipinski definition) is 6. The minimum atomic E-state index is -0.642. The molecule has 0 aromatic heterocycles. The zero-order valence-corrected chi connectivity index (χ0v) is 22.6. The highest BCUT2D eigenvalue weighted by atomic mass is 16.5. The third-order valence-corrected chi connectivity index (χ3v) is 7.85. The molecule has 1 spiro atoms. The first-order valence-electron chi connectivity index (χ1n) is 13.8. The van der Waals surface area contributed by atoms with Crippen LogP contribution in [0.25, 0.3) is 6.08 Å². The number of amides is 1. The molecular formula is C31H40N2O5. The summed E-state index contributed by atoms with van der Waals surface area (Å²) in [6, 6.07) is 15.0. The number of hydrogen-bond donors (Lipinski definition) is 1. The van der Waals surface area contributed by atoms with Gasteiger partial charge in [0.25, 0.3) is 0 Å². The van der Waals surface area contributed by atoms with Gasteiger partial charge in [-0.15, -0.1) is 0 Å². The van der Waals surface area contributed by atoms with Crippen molar-refractivity contribution in [3.05, 3.63) is 71.0 Å². The number of nitrogens with one attached hydrogen (secondary N) is 1. The normalized spacial score (nSPS) is 22.1. The van der Waals surface area contributed by atoms with Crippen LogP contribution in [0.1, 0.15) is 47.9 Å². The molecule has 1 aliphatic carbocycles. The number of piperidine rings is 1. The zero-order valence-electron chi connectivity index (χ0n) is 22.6. The van der Waals surface area contributed by atoms with E-state index in [-0.39, 0.29) is 17.9 Å². The molecule has 2 fully saturated rings. The molecule has 3 aliphatic rings. The minimum absolute atomic E-state index is 0.163. The summed E-state index contributed by atoms with van der Waals surface area (Å²) in [6.45, 7) is 3.72. The van der Waals surface area contributed by atoms with Gasteiger partial charge in [0, 0.05) is 51.9 Å². The van der Waals surface area contributed by atoms with E-state index >= 15 is 0 Å². The Morgan fingerprint density at radius 2 is 1.89 bits per heavy atom. The maximum Gasteiger partial charge on any atom is 0.231 e. The van der Waals surface area contributed by atoms with E-state index in [1.165, 1.54) is 5.56 Å². The van der Waals surface area contributed by atoms with Gasteiger partial charge in [0.2, 0.25) is 5.91 Å². The van der Waals surface area contributed by atoms with Gasteiger partial charge in [-0.25, -0.2) is 0 Å². The highest BCUT2D eigenvalue weighted by molar-refractivity contribution is 5.82. The Kier molecular flexibility index (Phi) is 8.67. The molecule has 38 heavy (non-hydrogen) atoms. The van der Waals surface area contributed by atoms with Crippen LogP contribution in [0.5, 0.6) is 5.75 Å². The number of methoxy groups -OCH3 is 2. The fourth-order valence-corrected chi connectivity index (χ4v) is 5.81. The average molecular weight is 521 g/mol. The summed E-state index contributed by atoms with van der Waals surface area (Å²) in [5, 5.41) is 3.48. The lowest BCUT2D eigenvalue weighted by Gasteiger charge is -2.46. The number of carbonyl (C=O) groups excluding carboxylic acids is 1. The van der Waals surface area contributed by atoms with E-state index in [4.69, 9.17) is 18.9 Å². The molecule has 1 amide bonds. The Morgan fingerprint density at radius 1 is 1.08 bits per heavy atom. The van der Waals surface area contributed by atoms with E-state index in [1.807, 2.05) is 18.2 Å². The van der Waals surface area contributed by atoms with Crippen LogP contribution < -0.4 is 10.1 Å². The summed E-state index contributed by atoms with van der Waals surface area (Å²) in [6.07, 6.45) is 8.46. The van der Waals surface area contributed by atoms with Gasteiger partial charge in [0.15, 0.2) is 0 Å². The monoisotopic (exact) mass is 520 g/mol. The highest BCUT2D eigenvalue weighted by Gasteiger charge is 2.52. The summed E-state index contributed by atoms with van der Waals surface area (Å²) in [5.74, 6) is 0.683. The first-order valence-corrected chi connectivity index (χ1v) is 13.8. The molecule has 0 radical (unpaired) electrons. The second kappa shape index (κ2) is 12.3. The predicted octanol–water partition coefficient (Wildman–Crippen LogP) is 4.29. The molecule has 1 saturated carbocycles. The Labute approximate surface area is 226 Å². The van der Waals surface area contributed by atoms with Crippen molar-refractivity contribution in [1.82, 2.24) is 10.2 Å². The van der Waals surface area contributed by atoms with Crippen LogP contribution in [0.2, 0.25) is 0 Å². The molecule has 2 aliphatic heterocycles. The third kappa shape index (κ3) is 5.90. The lowest BCUT2D eigenvalue weighted by atomic mass is 9.73. The lowest BCUT2D eigenvalue weighted by Crippen LogP contribution is -2.56. The van der Waals surface area contributed by atoms with E-state index in [2.05, 4.69) is 40.5 Å². The van der Waals surface area contributed by atoms with Crippen molar-refractivity contribution < 1.29 is 23.7 Å². The van der Waals surface area contributed by atoms with Crippen LogP contribution in [0.3, 0.4) is 0 Å². The van der Waals surface area contributed by atoms with E-state index in [0.717, 1.165) is 61.1 Å². The van der Waals surface area contributed by atoms with Crippen LogP contribution in [-0.2, 0) is 37.6 Å². The molecule has 0 bridgehead atoms. The van der Waals surface area contributed by atoms with Crippen molar-refractivity contribution in [2.75, 3.05) is 47.1 Å². The second-order valence-electron chi connectivity index (χ2n) is 10.5. The SMILES string of the molecule is COCCCc1cc(CN(C(=O)C2CNCC[C@@]23OC=Cc2ccccc23)C2CC2)cc(OCCOC)c1. The van der Waals surface area contributed by atoms with Crippen molar-refractivity contribution >= 4 is 12.0 Å². The molecule has 1 unspecified atom stereocenters. The smallest absolute Gasteiger partial charge is 0.231 e. The second-order valence-corrected chi connectivity index (χ2v) is 10.5. The molecule has 2 aromatic rings. The number of carbonyl (C=O) groups is 1. The Bertz CT molecular complexity index is 1100. The van der Waals surface area contributed by atoms with Crippen LogP contribution in [0.4, 0.5) is 0 Å². The predicted molar refractivity (Wildman–Crippen MR) is 147 cm³/mol. The van der Waals surface area contributed by atoms with Gasteiger partial charge in [0.05, 0.1) is 18.8 Å². The van der Waals surface area contributed by atoms with Crippen LogP contribution in [0, 0.1) is 5.92 Å². The number of ether oxygens (including phenoxy) is 4. The molecule has 1 N–H and O–H groups in total.